The summed E-state index contributed by atoms with van der Waals surface area (Å²) in [6, 6.07) is 14.2. The zero-order chi connectivity index (χ0) is 22.6. The molecule has 1 saturated carbocycles. The second-order valence-electron chi connectivity index (χ2n) is 7.98. The Bertz CT molecular complexity index is 1100. The van der Waals surface area contributed by atoms with E-state index in [1.165, 1.54) is 0 Å². The summed E-state index contributed by atoms with van der Waals surface area (Å²) in [5.74, 6) is -0.263. The highest BCUT2D eigenvalue weighted by molar-refractivity contribution is 6.07. The molecule has 32 heavy (non-hydrogen) atoms. The number of aliphatic hydroxyl groups excluding tert-OH is 1. The van der Waals surface area contributed by atoms with Gasteiger partial charge in [0.2, 0.25) is 5.91 Å². The summed E-state index contributed by atoms with van der Waals surface area (Å²) in [6.07, 6.45) is 5.87. The number of aliphatic hydroxyl groups is 1. The number of nitrogens with one attached hydrogen (secondary N) is 2. The Morgan fingerprint density at radius 2 is 1.84 bits per heavy atom. The van der Waals surface area contributed by atoms with E-state index >= 15 is 0 Å². The second-order valence-corrected chi connectivity index (χ2v) is 7.98. The molecule has 3 aromatic rings. The number of anilines is 2. The van der Waals surface area contributed by atoms with E-state index in [-0.39, 0.29) is 5.91 Å². The van der Waals surface area contributed by atoms with Gasteiger partial charge >= 0.3 is 0 Å². The zero-order valence-electron chi connectivity index (χ0n) is 17.5. The van der Waals surface area contributed by atoms with E-state index in [9.17, 15) is 14.7 Å². The maximum atomic E-state index is 12.9. The van der Waals surface area contributed by atoms with E-state index in [2.05, 4.69) is 20.6 Å². The van der Waals surface area contributed by atoms with Gasteiger partial charge in [-0.15, -0.1) is 0 Å². The summed E-state index contributed by atoms with van der Waals surface area (Å²) in [4.78, 5) is 33.3. The van der Waals surface area contributed by atoms with Crippen LogP contribution in [0.25, 0.3) is 0 Å². The Balaban J connectivity index is 1.47. The van der Waals surface area contributed by atoms with E-state index in [0.717, 1.165) is 11.1 Å². The van der Waals surface area contributed by atoms with Crippen LogP contribution in [0.4, 0.5) is 11.5 Å². The highest BCUT2D eigenvalue weighted by Crippen LogP contribution is 2.41. The minimum Gasteiger partial charge on any atom is -0.393 e. The second kappa shape index (κ2) is 9.15. The Hall–Kier alpha value is -3.78. The number of nitrogens with two attached hydrogens (primary N) is 1. The third-order valence-electron chi connectivity index (χ3n) is 5.92. The van der Waals surface area contributed by atoms with Crippen LogP contribution >= 0.6 is 0 Å². The molecule has 8 heteroatoms. The standard InChI is InChI=1S/C24H25N5O3/c25-23(32)24(10-7-19(30)14-24)17-3-5-18(6-4-17)29-22(31)20-2-1-11-27-21(20)28-15-16-8-12-26-13-9-16/h1-6,8-9,11-13,19,30H,7,10,14-15H2,(H2,25,32)(H,27,28)(H,29,31)/t19-,24-/m0/s1. The third kappa shape index (κ3) is 4.45. The summed E-state index contributed by atoms with van der Waals surface area (Å²) in [7, 11) is 0. The molecule has 4 rings (SSSR count). The molecule has 0 radical (unpaired) electrons. The van der Waals surface area contributed by atoms with Crippen LogP contribution in [0.1, 0.15) is 40.7 Å². The van der Waals surface area contributed by atoms with Crippen LogP contribution in [-0.4, -0.2) is 33.0 Å². The molecule has 0 bridgehead atoms. The van der Waals surface area contributed by atoms with Crippen molar-refractivity contribution in [2.45, 2.75) is 37.3 Å². The van der Waals surface area contributed by atoms with Crippen LogP contribution in [0, 0.1) is 0 Å². The summed E-state index contributed by atoms with van der Waals surface area (Å²) < 4.78 is 0. The molecule has 1 aliphatic rings. The average molecular weight is 431 g/mol. The van der Waals surface area contributed by atoms with Crippen molar-refractivity contribution >= 4 is 23.3 Å². The van der Waals surface area contributed by atoms with Gasteiger partial charge in [0.05, 0.1) is 17.1 Å². The first-order chi connectivity index (χ1) is 15.5. The first-order valence-electron chi connectivity index (χ1n) is 10.5. The lowest BCUT2D eigenvalue weighted by atomic mass is 9.78. The Morgan fingerprint density at radius 1 is 1.09 bits per heavy atom. The molecule has 0 aliphatic heterocycles. The van der Waals surface area contributed by atoms with Crippen LogP contribution in [0.3, 0.4) is 0 Å². The molecule has 8 nitrogen and oxygen atoms in total. The molecular formula is C24H25N5O3. The number of carbonyl (C=O) groups excluding carboxylic acids is 2. The maximum absolute atomic E-state index is 12.9. The predicted molar refractivity (Wildman–Crippen MR) is 121 cm³/mol. The number of aromatic nitrogens is 2. The molecule has 2 aromatic heterocycles. The maximum Gasteiger partial charge on any atom is 0.259 e. The third-order valence-corrected chi connectivity index (χ3v) is 5.92. The molecule has 5 N–H and O–H groups in total. The van der Waals surface area contributed by atoms with Gasteiger partial charge in [-0.05, 0) is 66.8 Å². The summed E-state index contributed by atoms with van der Waals surface area (Å²) in [6.45, 7) is 0.509. The number of benzene rings is 1. The Labute approximate surface area is 185 Å². The van der Waals surface area contributed by atoms with Gasteiger partial charge in [0.15, 0.2) is 0 Å². The zero-order valence-corrected chi connectivity index (χ0v) is 17.5. The minimum absolute atomic E-state index is 0.302. The molecule has 2 heterocycles. The molecule has 1 fully saturated rings. The van der Waals surface area contributed by atoms with Crippen molar-refractivity contribution in [2.75, 3.05) is 10.6 Å². The summed E-state index contributed by atoms with van der Waals surface area (Å²) >= 11 is 0. The number of carbonyl (C=O) groups is 2. The monoisotopic (exact) mass is 431 g/mol. The normalized spacial score (nSPS) is 20.0. The molecule has 2 amide bonds. The van der Waals surface area contributed by atoms with Crippen LogP contribution < -0.4 is 16.4 Å². The fourth-order valence-corrected chi connectivity index (χ4v) is 4.13. The number of nitrogens with zero attached hydrogens (tertiary/aromatic N) is 2. The molecule has 0 spiro atoms. The molecule has 1 aromatic carbocycles. The van der Waals surface area contributed by atoms with Crippen molar-refractivity contribution in [1.29, 1.82) is 0 Å². The Morgan fingerprint density at radius 3 is 2.50 bits per heavy atom. The van der Waals surface area contributed by atoms with Gasteiger partial charge < -0.3 is 21.5 Å². The quantitative estimate of drug-likeness (QED) is 0.455. The van der Waals surface area contributed by atoms with Crippen molar-refractivity contribution in [3.63, 3.8) is 0 Å². The number of hydrogen-bond donors (Lipinski definition) is 4. The molecule has 164 valence electrons. The van der Waals surface area contributed by atoms with Gasteiger partial charge in [0, 0.05) is 30.8 Å². The van der Waals surface area contributed by atoms with E-state index in [0.29, 0.717) is 42.9 Å². The number of rotatable bonds is 7. The lowest BCUT2D eigenvalue weighted by Gasteiger charge is -2.26. The van der Waals surface area contributed by atoms with Crippen molar-refractivity contribution in [1.82, 2.24) is 9.97 Å². The van der Waals surface area contributed by atoms with Gasteiger partial charge in [0.25, 0.3) is 5.91 Å². The molecule has 1 aliphatic carbocycles. The van der Waals surface area contributed by atoms with Gasteiger partial charge in [-0.3, -0.25) is 14.6 Å². The number of amides is 2. The van der Waals surface area contributed by atoms with Crippen molar-refractivity contribution in [2.24, 2.45) is 5.73 Å². The number of pyridine rings is 2. The van der Waals surface area contributed by atoms with E-state index in [1.807, 2.05) is 12.1 Å². The van der Waals surface area contributed by atoms with Gasteiger partial charge in [-0.25, -0.2) is 4.98 Å². The van der Waals surface area contributed by atoms with E-state index < -0.39 is 17.4 Å². The molecule has 0 saturated heterocycles. The summed E-state index contributed by atoms with van der Waals surface area (Å²) in [5, 5.41) is 16.0. The van der Waals surface area contributed by atoms with Crippen LogP contribution in [0.15, 0.2) is 67.1 Å². The molecule has 0 unspecified atom stereocenters. The number of primary amides is 1. The minimum atomic E-state index is -0.866. The predicted octanol–water partition coefficient (Wildman–Crippen LogP) is 2.61. The lowest BCUT2D eigenvalue weighted by molar-refractivity contribution is -0.123. The van der Waals surface area contributed by atoms with Gasteiger partial charge in [-0.1, -0.05) is 12.1 Å². The largest absolute Gasteiger partial charge is 0.393 e. The van der Waals surface area contributed by atoms with Crippen molar-refractivity contribution in [3.05, 3.63) is 83.8 Å². The fourth-order valence-electron chi connectivity index (χ4n) is 4.13. The number of hydrogen-bond acceptors (Lipinski definition) is 6. The smallest absolute Gasteiger partial charge is 0.259 e. The van der Waals surface area contributed by atoms with Crippen LogP contribution in [-0.2, 0) is 16.8 Å². The van der Waals surface area contributed by atoms with Gasteiger partial charge in [-0.2, -0.15) is 0 Å². The average Bonchev–Trinajstić information content (AvgIpc) is 3.22. The van der Waals surface area contributed by atoms with Gasteiger partial charge in [0.1, 0.15) is 5.82 Å². The van der Waals surface area contributed by atoms with Crippen molar-refractivity contribution < 1.29 is 14.7 Å². The highest BCUT2D eigenvalue weighted by Gasteiger charge is 2.44. The topological polar surface area (TPSA) is 130 Å². The molecular weight excluding hydrogens is 406 g/mol. The lowest BCUT2D eigenvalue weighted by Crippen LogP contribution is -2.39. The molecule has 2 atom stereocenters. The summed E-state index contributed by atoms with van der Waals surface area (Å²) in [5.41, 5.74) is 7.58. The SMILES string of the molecule is NC(=O)[C@@]1(c2ccc(NC(=O)c3cccnc3NCc3ccncc3)cc2)CC[C@H](O)C1. The van der Waals surface area contributed by atoms with Crippen LogP contribution in [0.2, 0.25) is 0 Å². The fraction of sp³-hybridized carbons (Fsp3) is 0.250. The first-order valence-corrected chi connectivity index (χ1v) is 10.5. The van der Waals surface area contributed by atoms with E-state index in [1.54, 1.807) is 55.0 Å². The Kier molecular flexibility index (Phi) is 6.13. The van der Waals surface area contributed by atoms with Crippen molar-refractivity contribution in [3.8, 4) is 0 Å². The van der Waals surface area contributed by atoms with Crippen LogP contribution in [0.5, 0.6) is 0 Å². The van der Waals surface area contributed by atoms with E-state index in [4.69, 9.17) is 5.73 Å². The highest BCUT2D eigenvalue weighted by atomic mass is 16.3. The first kappa shape index (κ1) is 21.5.